The number of pyridine rings is 1. The van der Waals surface area contributed by atoms with E-state index in [0.29, 0.717) is 19.0 Å². The van der Waals surface area contributed by atoms with E-state index in [2.05, 4.69) is 20.6 Å². The predicted molar refractivity (Wildman–Crippen MR) is 112 cm³/mol. The highest BCUT2D eigenvalue weighted by Crippen LogP contribution is 2.17. The number of hydrogen-bond acceptors (Lipinski definition) is 4. The number of nitrogens with zero attached hydrogens (tertiary/aromatic N) is 3. The molecule has 1 aromatic heterocycles. The number of aromatic nitrogens is 1. The average Bonchev–Trinajstić information content (AvgIpc) is 2.70. The second-order valence-corrected chi connectivity index (χ2v) is 8.63. The molecule has 8 heteroatoms. The summed E-state index contributed by atoms with van der Waals surface area (Å²) in [5.41, 5.74) is 1.86. The van der Waals surface area contributed by atoms with Gasteiger partial charge in [0.05, 0.1) is 23.7 Å². The van der Waals surface area contributed by atoms with Crippen molar-refractivity contribution in [2.24, 2.45) is 4.99 Å². The molecule has 0 aliphatic heterocycles. The molecular formula is C20H29N5O2S. The van der Waals surface area contributed by atoms with Gasteiger partial charge in [0.15, 0.2) is 5.96 Å². The normalized spacial score (nSPS) is 12.4. The Morgan fingerprint density at radius 1 is 1.14 bits per heavy atom. The molecular weight excluding hydrogens is 374 g/mol. The molecule has 0 radical (unpaired) electrons. The maximum Gasteiger partial charge on any atom is 0.243 e. The van der Waals surface area contributed by atoms with Crippen molar-refractivity contribution in [2.45, 2.75) is 44.8 Å². The summed E-state index contributed by atoms with van der Waals surface area (Å²) in [6.45, 7) is 7.46. The van der Waals surface area contributed by atoms with Crippen LogP contribution in [-0.2, 0) is 23.1 Å². The lowest BCUT2D eigenvalue weighted by atomic mass is 10.2. The van der Waals surface area contributed by atoms with Gasteiger partial charge in [0.1, 0.15) is 0 Å². The van der Waals surface area contributed by atoms with Gasteiger partial charge in [0.25, 0.3) is 0 Å². The Kier molecular flexibility index (Phi) is 7.95. The van der Waals surface area contributed by atoms with Gasteiger partial charge in [0, 0.05) is 25.8 Å². The highest BCUT2D eigenvalue weighted by molar-refractivity contribution is 7.89. The summed E-state index contributed by atoms with van der Waals surface area (Å²) in [5, 5.41) is 6.44. The fraction of sp³-hybridized carbons (Fsp3) is 0.400. The van der Waals surface area contributed by atoms with Gasteiger partial charge in [0.2, 0.25) is 10.0 Å². The summed E-state index contributed by atoms with van der Waals surface area (Å²) in [7, 11) is -1.88. The van der Waals surface area contributed by atoms with Crippen LogP contribution in [-0.4, -0.2) is 43.3 Å². The summed E-state index contributed by atoms with van der Waals surface area (Å²) in [6, 6.07) is 12.5. The summed E-state index contributed by atoms with van der Waals surface area (Å²) >= 11 is 0. The largest absolute Gasteiger partial charge is 0.357 e. The van der Waals surface area contributed by atoms with Crippen LogP contribution in [0, 0.1) is 0 Å². The Morgan fingerprint density at radius 3 is 2.43 bits per heavy atom. The minimum absolute atomic E-state index is 0.0952. The van der Waals surface area contributed by atoms with E-state index in [1.165, 1.54) is 4.31 Å². The van der Waals surface area contributed by atoms with Crippen molar-refractivity contribution in [1.82, 2.24) is 19.9 Å². The first-order chi connectivity index (χ1) is 13.3. The summed E-state index contributed by atoms with van der Waals surface area (Å²) in [6.07, 6.45) is 1.76. The molecule has 0 spiro atoms. The maximum absolute atomic E-state index is 12.5. The molecule has 0 saturated carbocycles. The van der Waals surface area contributed by atoms with Crippen molar-refractivity contribution >= 4 is 16.0 Å². The lowest BCUT2D eigenvalue weighted by Gasteiger charge is -2.21. The molecule has 1 aromatic carbocycles. The third kappa shape index (κ3) is 6.03. The number of aliphatic imine (C=N–C) groups is 1. The van der Waals surface area contributed by atoms with Crippen LogP contribution in [0.3, 0.4) is 0 Å². The summed E-state index contributed by atoms with van der Waals surface area (Å²) in [5.74, 6) is 0.685. The zero-order valence-electron chi connectivity index (χ0n) is 16.9. The molecule has 0 bridgehead atoms. The molecule has 7 nitrogen and oxygen atoms in total. The third-order valence-corrected chi connectivity index (χ3v) is 6.30. The third-order valence-electron chi connectivity index (χ3n) is 4.25. The van der Waals surface area contributed by atoms with Crippen LogP contribution in [0.4, 0.5) is 0 Å². The number of benzene rings is 1. The molecule has 1 heterocycles. The van der Waals surface area contributed by atoms with Crippen molar-refractivity contribution < 1.29 is 8.42 Å². The van der Waals surface area contributed by atoms with Crippen LogP contribution in [0.2, 0.25) is 0 Å². The topological polar surface area (TPSA) is 86.7 Å². The molecule has 0 fully saturated rings. The average molecular weight is 404 g/mol. The van der Waals surface area contributed by atoms with Gasteiger partial charge in [-0.15, -0.1) is 0 Å². The van der Waals surface area contributed by atoms with E-state index < -0.39 is 10.0 Å². The quantitative estimate of drug-likeness (QED) is 0.522. The van der Waals surface area contributed by atoms with Crippen LogP contribution in [0.25, 0.3) is 0 Å². The molecule has 28 heavy (non-hydrogen) atoms. The van der Waals surface area contributed by atoms with Crippen LogP contribution in [0.15, 0.2) is 58.5 Å². The molecule has 2 N–H and O–H groups in total. The second-order valence-electron chi connectivity index (χ2n) is 6.63. The minimum atomic E-state index is -3.47. The number of rotatable bonds is 8. The van der Waals surface area contributed by atoms with Gasteiger partial charge in [-0.25, -0.2) is 13.4 Å². The lowest BCUT2D eigenvalue weighted by molar-refractivity contribution is 0.410. The SMILES string of the molecule is CCNC(=NCc1ccc(S(=O)(=O)N(C)C(C)C)cc1)NCc1ccccn1. The highest BCUT2D eigenvalue weighted by Gasteiger charge is 2.22. The van der Waals surface area contributed by atoms with E-state index in [4.69, 9.17) is 0 Å². The molecule has 152 valence electrons. The van der Waals surface area contributed by atoms with Crippen molar-refractivity contribution in [3.05, 3.63) is 59.9 Å². The van der Waals surface area contributed by atoms with Crippen molar-refractivity contribution in [3.8, 4) is 0 Å². The van der Waals surface area contributed by atoms with Crippen LogP contribution < -0.4 is 10.6 Å². The highest BCUT2D eigenvalue weighted by atomic mass is 32.2. The van der Waals surface area contributed by atoms with Gasteiger partial charge >= 0.3 is 0 Å². The zero-order valence-corrected chi connectivity index (χ0v) is 17.7. The van der Waals surface area contributed by atoms with Gasteiger partial charge in [-0.2, -0.15) is 4.31 Å². The van der Waals surface area contributed by atoms with Crippen LogP contribution >= 0.6 is 0 Å². The van der Waals surface area contributed by atoms with Crippen molar-refractivity contribution in [1.29, 1.82) is 0 Å². The first-order valence-electron chi connectivity index (χ1n) is 9.33. The maximum atomic E-state index is 12.5. The van der Waals surface area contributed by atoms with Gasteiger partial charge in [-0.3, -0.25) is 4.98 Å². The van der Waals surface area contributed by atoms with Crippen LogP contribution in [0.1, 0.15) is 32.0 Å². The Balaban J connectivity index is 2.04. The summed E-state index contributed by atoms with van der Waals surface area (Å²) in [4.78, 5) is 9.13. The Labute approximate surface area is 168 Å². The standard InChI is InChI=1S/C20H29N5O2S/c1-5-21-20(24-15-18-8-6-7-13-22-18)23-14-17-9-11-19(12-10-17)28(26,27)25(4)16(2)3/h6-13,16H,5,14-15H2,1-4H3,(H2,21,23,24). The second kappa shape index (κ2) is 10.2. The zero-order chi connectivity index (χ0) is 20.6. The van der Waals surface area contributed by atoms with Crippen molar-refractivity contribution in [2.75, 3.05) is 13.6 Å². The molecule has 0 aliphatic carbocycles. The number of hydrogen-bond donors (Lipinski definition) is 2. The lowest BCUT2D eigenvalue weighted by Crippen LogP contribution is -2.37. The minimum Gasteiger partial charge on any atom is -0.357 e. The summed E-state index contributed by atoms with van der Waals surface area (Å²) < 4.78 is 26.4. The van der Waals surface area contributed by atoms with Gasteiger partial charge in [-0.05, 0) is 50.6 Å². The number of guanidine groups is 1. The predicted octanol–water partition coefficient (Wildman–Crippen LogP) is 2.37. The first kappa shape index (κ1) is 21.8. The fourth-order valence-electron chi connectivity index (χ4n) is 2.40. The van der Waals surface area contributed by atoms with Crippen molar-refractivity contribution in [3.63, 3.8) is 0 Å². The van der Waals surface area contributed by atoms with E-state index >= 15 is 0 Å². The van der Waals surface area contributed by atoms with Gasteiger partial charge < -0.3 is 10.6 Å². The Morgan fingerprint density at radius 2 is 1.86 bits per heavy atom. The molecule has 0 saturated heterocycles. The van der Waals surface area contributed by atoms with E-state index in [9.17, 15) is 8.42 Å². The molecule has 2 aromatic rings. The smallest absolute Gasteiger partial charge is 0.243 e. The first-order valence-corrected chi connectivity index (χ1v) is 10.8. The van der Waals surface area contributed by atoms with Gasteiger partial charge in [-0.1, -0.05) is 18.2 Å². The molecule has 0 atom stereocenters. The fourth-order valence-corrected chi connectivity index (χ4v) is 3.77. The molecule has 0 amide bonds. The number of nitrogens with one attached hydrogen (secondary N) is 2. The van der Waals surface area contributed by atoms with E-state index in [-0.39, 0.29) is 10.9 Å². The molecule has 2 rings (SSSR count). The van der Waals surface area contributed by atoms with E-state index in [1.54, 1.807) is 37.5 Å². The van der Waals surface area contributed by atoms with E-state index in [0.717, 1.165) is 17.8 Å². The Hall–Kier alpha value is -2.45. The van der Waals surface area contributed by atoms with Crippen LogP contribution in [0.5, 0.6) is 0 Å². The molecule has 0 aliphatic rings. The Bertz CT molecular complexity index is 865. The monoisotopic (exact) mass is 403 g/mol. The van der Waals surface area contributed by atoms with E-state index in [1.807, 2.05) is 39.0 Å². The number of sulfonamides is 1. The molecule has 0 unspecified atom stereocenters.